The predicted molar refractivity (Wildman–Crippen MR) is 170 cm³/mol. The van der Waals surface area contributed by atoms with Crippen LogP contribution >= 0.6 is 0 Å². The van der Waals surface area contributed by atoms with E-state index in [-0.39, 0.29) is 24.3 Å². The number of nitrogens with two attached hydrogens (primary N) is 1. The molecule has 238 valence electrons. The summed E-state index contributed by atoms with van der Waals surface area (Å²) in [5.74, 6) is -2.63. The van der Waals surface area contributed by atoms with E-state index in [0.717, 1.165) is 47.7 Å². The summed E-state index contributed by atoms with van der Waals surface area (Å²) in [6.07, 6.45) is 4.57. The Labute approximate surface area is 259 Å². The number of hydrogen-bond acceptors (Lipinski definition) is 4. The number of aryl methyl sites for hydroxylation is 1. The van der Waals surface area contributed by atoms with Gasteiger partial charge < -0.3 is 25.6 Å². The molecule has 3 atom stereocenters. The van der Waals surface area contributed by atoms with Gasteiger partial charge in [-0.1, -0.05) is 43.7 Å². The number of para-hydroxylation sites is 1. The van der Waals surface area contributed by atoms with E-state index in [9.17, 15) is 23.5 Å². The molecule has 1 aromatic heterocycles. The van der Waals surface area contributed by atoms with Gasteiger partial charge in [0.25, 0.3) is 0 Å². The van der Waals surface area contributed by atoms with Crippen LogP contribution in [0.15, 0.2) is 60.3 Å². The largest absolute Gasteiger partial charge is 0.391 e. The number of aromatic nitrogens is 1. The molecular weight excluding hydrogens is 562 g/mol. The molecule has 2 amide bonds. The monoisotopic (exact) mass is 608 g/mol. The molecule has 0 bridgehead atoms. The molecule has 9 heteroatoms. The van der Waals surface area contributed by atoms with Crippen molar-refractivity contribution in [3.05, 3.63) is 83.1 Å². The maximum absolute atomic E-state index is 14.5. The number of aliphatic hydroxyl groups excluding tert-OH is 1. The fourth-order valence-electron chi connectivity index (χ4n) is 7.16. The van der Waals surface area contributed by atoms with Crippen molar-refractivity contribution in [1.29, 1.82) is 0 Å². The number of nitrogens with one attached hydrogen (secondary N) is 1. The number of carbonyl (C=O) groups excluding carboxylic acids is 2. The minimum Gasteiger partial charge on any atom is -0.391 e. The Bertz CT molecular complexity index is 1490. The zero-order valence-electron chi connectivity index (χ0n) is 26.3. The molecule has 0 fully saturated rings. The van der Waals surface area contributed by atoms with Crippen LogP contribution in [0.4, 0.5) is 8.78 Å². The van der Waals surface area contributed by atoms with Gasteiger partial charge >= 0.3 is 0 Å². The highest BCUT2D eigenvalue weighted by molar-refractivity contribution is 5.90. The van der Waals surface area contributed by atoms with Crippen molar-refractivity contribution >= 4 is 22.7 Å². The summed E-state index contributed by atoms with van der Waals surface area (Å²) in [5.41, 5.74) is 6.17. The van der Waals surface area contributed by atoms with Gasteiger partial charge in [-0.05, 0) is 81.3 Å². The molecule has 4 rings (SSSR count). The van der Waals surface area contributed by atoms with Crippen molar-refractivity contribution in [2.24, 2.45) is 23.6 Å². The predicted octanol–water partition coefficient (Wildman–Crippen LogP) is 5.39. The third-order valence-corrected chi connectivity index (χ3v) is 8.96. The van der Waals surface area contributed by atoms with Crippen LogP contribution in [-0.4, -0.2) is 52.1 Å². The van der Waals surface area contributed by atoms with Crippen LogP contribution in [0, 0.1) is 22.5 Å². The second-order valence-electron chi connectivity index (χ2n) is 12.4. The molecule has 3 aromatic rings. The first-order chi connectivity index (χ1) is 21.0. The third kappa shape index (κ3) is 6.74. The molecule has 0 saturated heterocycles. The lowest BCUT2D eigenvalue weighted by molar-refractivity contribution is -0.162. The van der Waals surface area contributed by atoms with Gasteiger partial charge in [0, 0.05) is 49.8 Å². The van der Waals surface area contributed by atoms with E-state index in [1.54, 1.807) is 11.0 Å². The number of rotatable bonds is 14. The van der Waals surface area contributed by atoms with E-state index in [1.165, 1.54) is 5.39 Å². The fourth-order valence-corrected chi connectivity index (χ4v) is 7.16. The topological polar surface area (TPSA) is 101 Å². The van der Waals surface area contributed by atoms with Gasteiger partial charge in [-0.25, -0.2) is 8.78 Å². The van der Waals surface area contributed by atoms with Crippen LogP contribution in [-0.2, 0) is 29.6 Å². The van der Waals surface area contributed by atoms with E-state index in [0.29, 0.717) is 39.0 Å². The average Bonchev–Trinajstić information content (AvgIpc) is 3.29. The number of amides is 2. The number of hydrogen-bond donors (Lipinski definition) is 3. The summed E-state index contributed by atoms with van der Waals surface area (Å²) in [4.78, 5) is 29.6. The van der Waals surface area contributed by atoms with Crippen LogP contribution in [0.1, 0.15) is 64.0 Å². The second kappa shape index (κ2) is 14.0. The number of aliphatic hydroxyl groups is 1. The van der Waals surface area contributed by atoms with Gasteiger partial charge in [0.15, 0.2) is 0 Å². The van der Waals surface area contributed by atoms with Crippen LogP contribution in [0.5, 0.6) is 0 Å². The summed E-state index contributed by atoms with van der Waals surface area (Å²) in [6, 6.07) is 11.2. The maximum Gasteiger partial charge on any atom is 0.231 e. The van der Waals surface area contributed by atoms with Crippen LogP contribution in [0.3, 0.4) is 0 Å². The van der Waals surface area contributed by atoms with Gasteiger partial charge in [-0.3, -0.25) is 9.59 Å². The van der Waals surface area contributed by atoms with Gasteiger partial charge in [0.1, 0.15) is 11.6 Å². The number of allylic oxidation sites excluding steroid dienone is 1. The lowest BCUT2D eigenvalue weighted by atomic mass is 9.57. The lowest BCUT2D eigenvalue weighted by Crippen LogP contribution is -2.62. The van der Waals surface area contributed by atoms with Crippen molar-refractivity contribution in [3.63, 3.8) is 0 Å². The number of primary amides is 1. The molecule has 2 aromatic carbocycles. The highest BCUT2D eigenvalue weighted by Crippen LogP contribution is 2.51. The van der Waals surface area contributed by atoms with Gasteiger partial charge in [-0.15, -0.1) is 0 Å². The van der Waals surface area contributed by atoms with Gasteiger partial charge in [0.05, 0.1) is 16.9 Å². The molecule has 1 unspecified atom stereocenters. The number of halogens is 2. The van der Waals surface area contributed by atoms with Crippen molar-refractivity contribution in [2.75, 3.05) is 19.6 Å². The quantitative estimate of drug-likeness (QED) is 0.169. The molecule has 4 N–H and O–H groups in total. The molecule has 7 nitrogen and oxygen atoms in total. The summed E-state index contributed by atoms with van der Waals surface area (Å²) in [7, 11) is 2.02. The standard InChI is InChI=1S/C35H46F2N4O3/c1-5-14-41(15-6-2)33(44)34(12-9-13-39-22-26-23-40(4)30-11-8-7-10-29(26)30)19-24(3)20-35(31(34)42,32(38)43)21-25-16-27(36)18-28(37)17-25/h7-8,10-11,16-18,20,23,31,39,42H,5-6,9,12-15,19,21-22H2,1-4H3,(H2,38,43)/t31-,34?,35-/m1/s1. The number of nitrogens with zero attached hydrogens (tertiary/aromatic N) is 2. The molecule has 0 saturated carbocycles. The van der Waals surface area contributed by atoms with Crippen LogP contribution in [0.2, 0.25) is 0 Å². The Morgan fingerprint density at radius 1 is 1.11 bits per heavy atom. The van der Waals surface area contributed by atoms with Gasteiger partial charge in [0.2, 0.25) is 11.8 Å². The van der Waals surface area contributed by atoms with E-state index in [1.807, 2.05) is 40.0 Å². The average molecular weight is 609 g/mol. The highest BCUT2D eigenvalue weighted by Gasteiger charge is 2.59. The summed E-state index contributed by atoms with van der Waals surface area (Å²) >= 11 is 0. The van der Waals surface area contributed by atoms with Crippen molar-refractivity contribution < 1.29 is 23.5 Å². The minimum atomic E-state index is -1.72. The minimum absolute atomic E-state index is 0.184. The Balaban J connectivity index is 1.65. The lowest BCUT2D eigenvalue weighted by Gasteiger charge is -2.50. The molecule has 0 radical (unpaired) electrons. The van der Waals surface area contributed by atoms with E-state index >= 15 is 0 Å². The normalized spacial score (nSPS) is 21.8. The highest BCUT2D eigenvalue weighted by atomic mass is 19.1. The zero-order chi connectivity index (χ0) is 32.1. The molecular formula is C35H46F2N4O3. The smallest absolute Gasteiger partial charge is 0.231 e. The number of benzene rings is 2. The molecule has 1 heterocycles. The van der Waals surface area contributed by atoms with E-state index in [4.69, 9.17) is 5.73 Å². The molecule has 1 aliphatic carbocycles. The Morgan fingerprint density at radius 3 is 2.41 bits per heavy atom. The van der Waals surface area contributed by atoms with E-state index in [2.05, 4.69) is 28.2 Å². The molecule has 44 heavy (non-hydrogen) atoms. The Kier molecular flexibility index (Phi) is 10.6. The van der Waals surface area contributed by atoms with Crippen molar-refractivity contribution in [1.82, 2.24) is 14.8 Å². The molecule has 0 aliphatic heterocycles. The number of fused-ring (bicyclic) bond motifs is 1. The van der Waals surface area contributed by atoms with Crippen LogP contribution in [0.25, 0.3) is 10.9 Å². The van der Waals surface area contributed by atoms with Crippen LogP contribution < -0.4 is 11.1 Å². The van der Waals surface area contributed by atoms with Crippen molar-refractivity contribution in [3.8, 4) is 0 Å². The molecule has 1 aliphatic rings. The second-order valence-corrected chi connectivity index (χ2v) is 12.4. The van der Waals surface area contributed by atoms with E-state index < -0.39 is 34.5 Å². The third-order valence-electron chi connectivity index (χ3n) is 8.96. The number of carbonyl (C=O) groups is 2. The first-order valence-electron chi connectivity index (χ1n) is 15.6. The maximum atomic E-state index is 14.5. The first-order valence-corrected chi connectivity index (χ1v) is 15.6. The van der Waals surface area contributed by atoms with Crippen molar-refractivity contribution in [2.45, 2.75) is 71.9 Å². The first kappa shape index (κ1) is 33.3. The Morgan fingerprint density at radius 2 is 1.77 bits per heavy atom. The summed E-state index contributed by atoms with van der Waals surface area (Å²) in [5, 5.41) is 16.9. The molecule has 0 spiro atoms. The SMILES string of the molecule is CCCN(CCC)C(=O)C1(CCCNCc2cn(C)c3ccccc23)CC(C)=C[C@](Cc2cc(F)cc(F)c2)(C(N)=O)[C@@H]1O. The Hall–Kier alpha value is -3.56. The fraction of sp³-hybridized carbons (Fsp3) is 0.486. The summed E-state index contributed by atoms with van der Waals surface area (Å²) < 4.78 is 30.5. The summed E-state index contributed by atoms with van der Waals surface area (Å²) in [6.45, 7) is 8.05. The zero-order valence-corrected chi connectivity index (χ0v) is 26.3. The van der Waals surface area contributed by atoms with Gasteiger partial charge in [-0.2, -0.15) is 0 Å².